The summed E-state index contributed by atoms with van der Waals surface area (Å²) >= 11 is 6.15. The number of aliphatic hydroxyl groups is 1. The number of rotatable bonds is 2. The summed E-state index contributed by atoms with van der Waals surface area (Å²) in [6.07, 6.45) is 4.82. The summed E-state index contributed by atoms with van der Waals surface area (Å²) in [5, 5.41) is 9.67. The van der Waals surface area contributed by atoms with Crippen molar-refractivity contribution >= 4 is 23.4 Å². The van der Waals surface area contributed by atoms with Crippen LogP contribution in [0.1, 0.15) is 17.5 Å². The number of allylic oxidation sites excluding steroid dienone is 1. The Kier molecular flexibility index (Phi) is 3.19. The molecular weight excluding hydrogens is 210 g/mol. The molecule has 0 aliphatic carbocycles. The average molecular weight is 222 g/mol. The van der Waals surface area contributed by atoms with Crippen LogP contribution in [0.2, 0.25) is 5.02 Å². The van der Waals surface area contributed by atoms with E-state index in [1.807, 2.05) is 24.4 Å². The first kappa shape index (κ1) is 10.4. The van der Waals surface area contributed by atoms with Gasteiger partial charge in [0.2, 0.25) is 0 Å². The minimum atomic E-state index is 0.0283. The van der Waals surface area contributed by atoms with Crippen LogP contribution in [0.15, 0.2) is 29.3 Å². The Bertz CT molecular complexity index is 424. The van der Waals surface area contributed by atoms with Gasteiger partial charge in [0.05, 0.1) is 13.2 Å². The molecule has 0 radical (unpaired) electrons. The second-order valence-corrected chi connectivity index (χ2v) is 3.86. The van der Waals surface area contributed by atoms with Gasteiger partial charge in [-0.2, -0.15) is 0 Å². The first-order chi connectivity index (χ1) is 7.31. The van der Waals surface area contributed by atoms with Crippen LogP contribution in [0, 0.1) is 0 Å². The lowest BCUT2D eigenvalue weighted by atomic mass is 10.0. The Morgan fingerprint density at radius 2 is 2.27 bits per heavy atom. The van der Waals surface area contributed by atoms with Crippen LogP contribution in [0.4, 0.5) is 0 Å². The van der Waals surface area contributed by atoms with Gasteiger partial charge in [-0.25, -0.2) is 0 Å². The van der Waals surface area contributed by atoms with E-state index < -0.39 is 0 Å². The summed E-state index contributed by atoms with van der Waals surface area (Å²) in [7, 11) is 0. The molecule has 1 heterocycles. The molecule has 0 amide bonds. The lowest BCUT2D eigenvalue weighted by Gasteiger charge is -2.11. The van der Waals surface area contributed by atoms with Gasteiger partial charge in [-0.15, -0.1) is 0 Å². The molecule has 2 rings (SSSR count). The van der Waals surface area contributed by atoms with Crippen LogP contribution < -0.4 is 0 Å². The fourth-order valence-electron chi connectivity index (χ4n) is 1.62. The lowest BCUT2D eigenvalue weighted by Crippen LogP contribution is -1.95. The molecule has 0 aromatic heterocycles. The van der Waals surface area contributed by atoms with E-state index in [1.54, 1.807) is 0 Å². The van der Waals surface area contributed by atoms with Crippen LogP contribution >= 0.6 is 11.6 Å². The molecule has 0 unspecified atom stereocenters. The minimum Gasteiger partial charge on any atom is -0.392 e. The molecule has 0 atom stereocenters. The molecule has 3 heteroatoms. The third kappa shape index (κ3) is 2.28. The molecule has 15 heavy (non-hydrogen) atoms. The summed E-state index contributed by atoms with van der Waals surface area (Å²) in [4.78, 5) is 4.13. The zero-order valence-electron chi connectivity index (χ0n) is 8.28. The maximum Gasteiger partial charge on any atom is 0.0682 e. The van der Waals surface area contributed by atoms with Crippen LogP contribution in [0.5, 0.6) is 0 Å². The Labute approximate surface area is 93.9 Å². The van der Waals surface area contributed by atoms with Gasteiger partial charge < -0.3 is 5.11 Å². The quantitative estimate of drug-likeness (QED) is 0.819. The van der Waals surface area contributed by atoms with Crippen molar-refractivity contribution in [2.75, 3.05) is 6.54 Å². The Morgan fingerprint density at radius 3 is 2.87 bits per heavy atom. The second-order valence-electron chi connectivity index (χ2n) is 3.45. The number of nitrogens with zero attached hydrogens (tertiary/aromatic N) is 1. The summed E-state index contributed by atoms with van der Waals surface area (Å²) < 4.78 is 0. The molecule has 0 bridgehead atoms. The van der Waals surface area contributed by atoms with Crippen molar-refractivity contribution < 1.29 is 5.11 Å². The number of dihydropyridines is 1. The zero-order chi connectivity index (χ0) is 10.7. The molecule has 1 aliphatic rings. The van der Waals surface area contributed by atoms with E-state index in [4.69, 9.17) is 16.7 Å². The molecule has 1 aromatic rings. The second kappa shape index (κ2) is 4.60. The van der Waals surface area contributed by atoms with E-state index in [0.29, 0.717) is 5.02 Å². The minimum absolute atomic E-state index is 0.0283. The number of hydrogen-bond acceptors (Lipinski definition) is 2. The van der Waals surface area contributed by atoms with Crippen molar-refractivity contribution in [1.29, 1.82) is 0 Å². The van der Waals surface area contributed by atoms with Gasteiger partial charge in [-0.3, -0.25) is 4.99 Å². The summed E-state index contributed by atoms with van der Waals surface area (Å²) in [6, 6.07) is 5.66. The predicted molar refractivity (Wildman–Crippen MR) is 63.3 cm³/mol. The van der Waals surface area contributed by atoms with Crippen molar-refractivity contribution in [3.63, 3.8) is 0 Å². The molecule has 0 spiro atoms. The Morgan fingerprint density at radius 1 is 1.40 bits per heavy atom. The maximum atomic E-state index is 8.97. The Hall–Kier alpha value is -1.12. The van der Waals surface area contributed by atoms with Crippen molar-refractivity contribution in [2.45, 2.75) is 13.0 Å². The zero-order valence-corrected chi connectivity index (χ0v) is 9.04. The van der Waals surface area contributed by atoms with Crippen LogP contribution in [-0.2, 0) is 6.61 Å². The number of halogens is 1. The van der Waals surface area contributed by atoms with Crippen molar-refractivity contribution in [2.24, 2.45) is 4.99 Å². The fourth-order valence-corrected chi connectivity index (χ4v) is 1.95. The van der Waals surface area contributed by atoms with E-state index in [-0.39, 0.29) is 6.61 Å². The van der Waals surface area contributed by atoms with Gasteiger partial charge in [0, 0.05) is 17.7 Å². The largest absolute Gasteiger partial charge is 0.392 e. The predicted octanol–water partition coefficient (Wildman–Crippen LogP) is 2.69. The molecular formula is C12H12ClNO. The molecule has 1 aromatic carbocycles. The molecule has 2 nitrogen and oxygen atoms in total. The monoisotopic (exact) mass is 221 g/mol. The lowest BCUT2D eigenvalue weighted by molar-refractivity contribution is 0.282. The molecule has 0 fully saturated rings. The summed E-state index contributed by atoms with van der Waals surface area (Å²) in [5.41, 5.74) is 3.09. The normalized spacial score (nSPS) is 15.2. The van der Waals surface area contributed by atoms with Crippen molar-refractivity contribution in [3.8, 4) is 0 Å². The van der Waals surface area contributed by atoms with E-state index in [2.05, 4.69) is 11.1 Å². The third-order valence-corrected chi connectivity index (χ3v) is 2.76. The summed E-state index contributed by atoms with van der Waals surface area (Å²) in [5.74, 6) is 0. The Balaban J connectivity index is 2.32. The van der Waals surface area contributed by atoms with Crippen LogP contribution in [0.25, 0.3) is 5.57 Å². The highest BCUT2D eigenvalue weighted by atomic mass is 35.5. The molecule has 1 N–H and O–H groups in total. The van der Waals surface area contributed by atoms with Gasteiger partial charge in [-0.05, 0) is 22.8 Å². The third-order valence-electron chi connectivity index (χ3n) is 2.45. The van der Waals surface area contributed by atoms with Crippen molar-refractivity contribution in [3.05, 3.63) is 40.4 Å². The van der Waals surface area contributed by atoms with Gasteiger partial charge in [0.15, 0.2) is 0 Å². The van der Waals surface area contributed by atoms with E-state index in [1.165, 1.54) is 5.57 Å². The molecule has 1 aliphatic heterocycles. The first-order valence-corrected chi connectivity index (χ1v) is 5.26. The highest BCUT2D eigenvalue weighted by molar-refractivity contribution is 6.32. The molecule has 0 saturated heterocycles. The number of benzene rings is 1. The van der Waals surface area contributed by atoms with Gasteiger partial charge in [0.25, 0.3) is 0 Å². The van der Waals surface area contributed by atoms with Crippen LogP contribution in [0.3, 0.4) is 0 Å². The first-order valence-electron chi connectivity index (χ1n) is 4.88. The van der Waals surface area contributed by atoms with Gasteiger partial charge in [-0.1, -0.05) is 29.8 Å². The standard InChI is InChI=1S/C12H12ClNO/c13-12-7-9(8-15)1-2-11(12)10-3-5-14-6-4-10/h1-3,6-7,15H,4-5,8H2. The smallest absolute Gasteiger partial charge is 0.0682 e. The van der Waals surface area contributed by atoms with Gasteiger partial charge in [0.1, 0.15) is 0 Å². The highest BCUT2D eigenvalue weighted by Crippen LogP contribution is 2.27. The van der Waals surface area contributed by atoms with Crippen molar-refractivity contribution in [1.82, 2.24) is 0 Å². The van der Waals surface area contributed by atoms with E-state index in [0.717, 1.165) is 24.1 Å². The fraction of sp³-hybridized carbons (Fsp3) is 0.250. The average Bonchev–Trinajstić information content (AvgIpc) is 2.30. The number of aliphatic imine (C=N–C) groups is 1. The van der Waals surface area contributed by atoms with Gasteiger partial charge >= 0.3 is 0 Å². The van der Waals surface area contributed by atoms with Crippen LogP contribution in [-0.4, -0.2) is 17.9 Å². The molecule has 0 saturated carbocycles. The number of hydrogen-bond donors (Lipinski definition) is 1. The summed E-state index contributed by atoms with van der Waals surface area (Å²) in [6.45, 7) is 0.758. The topological polar surface area (TPSA) is 32.6 Å². The number of aliphatic hydroxyl groups excluding tert-OH is 1. The highest BCUT2D eigenvalue weighted by Gasteiger charge is 2.07. The SMILES string of the molecule is OCc1ccc(C2=CCN=CC2)c(Cl)c1. The van der Waals surface area contributed by atoms with E-state index >= 15 is 0 Å². The maximum absolute atomic E-state index is 8.97. The van der Waals surface area contributed by atoms with E-state index in [9.17, 15) is 0 Å². The molecule has 78 valence electrons.